The number of ketones is 1. The Morgan fingerprint density at radius 1 is 0.676 bits per heavy atom. The van der Waals surface area contributed by atoms with Crippen LogP contribution in [0.15, 0.2) is 109 Å². The van der Waals surface area contributed by atoms with Crippen LogP contribution in [-0.2, 0) is 11.2 Å². The molecule has 0 N–H and O–H groups in total. The van der Waals surface area contributed by atoms with E-state index in [1.807, 2.05) is 60.7 Å². The van der Waals surface area contributed by atoms with E-state index in [0.717, 1.165) is 15.9 Å². The minimum atomic E-state index is -2.66. The molecule has 4 aromatic carbocycles. The van der Waals surface area contributed by atoms with Crippen molar-refractivity contribution in [3.8, 4) is 6.07 Å². The van der Waals surface area contributed by atoms with E-state index in [1.165, 1.54) is 16.7 Å². The summed E-state index contributed by atoms with van der Waals surface area (Å²) in [7, 11) is 0. The summed E-state index contributed by atoms with van der Waals surface area (Å²) in [6, 6.07) is 38.9. The SMILES string of the molecule is Cc1cccc(C)c1CCC(=O)C(C#N)=P(c1ccccc1)(c1ccccc1)c1ccccc1. The summed E-state index contributed by atoms with van der Waals surface area (Å²) in [5, 5.41) is 14.0. The monoisotopic (exact) mass is 461 g/mol. The summed E-state index contributed by atoms with van der Waals surface area (Å²) in [6.07, 6.45) is 0.934. The highest BCUT2D eigenvalue weighted by Crippen LogP contribution is 2.46. The van der Waals surface area contributed by atoms with Crippen molar-refractivity contribution in [2.45, 2.75) is 26.7 Å². The Kier molecular flexibility index (Phi) is 7.27. The summed E-state index contributed by atoms with van der Waals surface area (Å²) >= 11 is 0. The number of benzene rings is 4. The van der Waals surface area contributed by atoms with Gasteiger partial charge in [0.25, 0.3) is 0 Å². The molecule has 0 spiro atoms. The molecular formula is C31H28NOP. The number of carbonyl (C=O) groups is 1. The fourth-order valence-electron chi connectivity index (χ4n) is 4.71. The third-order valence-electron chi connectivity index (χ3n) is 6.38. The summed E-state index contributed by atoms with van der Waals surface area (Å²) in [5.41, 5.74) is 3.55. The van der Waals surface area contributed by atoms with Crippen molar-refractivity contribution >= 4 is 33.9 Å². The largest absolute Gasteiger partial charge is 0.293 e. The van der Waals surface area contributed by atoms with Crippen LogP contribution < -0.4 is 15.9 Å². The maximum absolute atomic E-state index is 13.9. The maximum Gasteiger partial charge on any atom is 0.174 e. The van der Waals surface area contributed by atoms with Crippen LogP contribution in [0.1, 0.15) is 23.1 Å². The van der Waals surface area contributed by atoms with E-state index in [9.17, 15) is 10.1 Å². The van der Waals surface area contributed by atoms with E-state index in [0.29, 0.717) is 18.1 Å². The molecule has 0 aliphatic heterocycles. The first-order chi connectivity index (χ1) is 16.6. The molecule has 34 heavy (non-hydrogen) atoms. The van der Waals surface area contributed by atoms with Crippen molar-refractivity contribution in [1.82, 2.24) is 0 Å². The van der Waals surface area contributed by atoms with E-state index in [4.69, 9.17) is 0 Å². The number of nitrogens with zero attached hydrogens (tertiary/aromatic N) is 1. The molecule has 0 unspecified atom stereocenters. The second-order valence-electron chi connectivity index (χ2n) is 8.43. The molecule has 2 nitrogen and oxygen atoms in total. The van der Waals surface area contributed by atoms with Gasteiger partial charge in [-0.05, 0) is 59.8 Å². The number of nitriles is 1. The zero-order valence-electron chi connectivity index (χ0n) is 19.6. The van der Waals surface area contributed by atoms with Gasteiger partial charge in [-0.25, -0.2) is 0 Å². The van der Waals surface area contributed by atoms with Gasteiger partial charge in [-0.2, -0.15) is 5.26 Å². The molecule has 0 fully saturated rings. The zero-order valence-corrected chi connectivity index (χ0v) is 20.5. The molecule has 0 amide bonds. The lowest BCUT2D eigenvalue weighted by atomic mass is 9.97. The van der Waals surface area contributed by atoms with E-state index >= 15 is 0 Å². The minimum Gasteiger partial charge on any atom is -0.293 e. The van der Waals surface area contributed by atoms with Crippen molar-refractivity contribution in [2.75, 3.05) is 0 Å². The van der Waals surface area contributed by atoms with E-state index in [-0.39, 0.29) is 5.78 Å². The lowest BCUT2D eigenvalue weighted by Gasteiger charge is -2.30. The number of hydrogen-bond acceptors (Lipinski definition) is 2. The van der Waals surface area contributed by atoms with Crippen molar-refractivity contribution < 1.29 is 4.79 Å². The van der Waals surface area contributed by atoms with Gasteiger partial charge in [0.15, 0.2) is 5.78 Å². The average molecular weight is 462 g/mol. The Hall–Kier alpha value is -3.66. The second kappa shape index (κ2) is 10.5. The van der Waals surface area contributed by atoms with Crippen molar-refractivity contribution in [2.24, 2.45) is 0 Å². The molecule has 0 saturated heterocycles. The highest BCUT2D eigenvalue weighted by Gasteiger charge is 2.33. The Balaban J connectivity index is 1.98. The van der Waals surface area contributed by atoms with Crippen LogP contribution in [0, 0.1) is 25.2 Å². The van der Waals surface area contributed by atoms with Gasteiger partial charge in [0.2, 0.25) is 0 Å². The van der Waals surface area contributed by atoms with Crippen molar-refractivity contribution in [3.05, 3.63) is 126 Å². The van der Waals surface area contributed by atoms with Crippen LogP contribution in [-0.4, -0.2) is 11.1 Å². The first-order valence-corrected chi connectivity index (χ1v) is 13.3. The van der Waals surface area contributed by atoms with Crippen LogP contribution >= 0.6 is 6.89 Å². The molecule has 4 aromatic rings. The molecule has 4 rings (SSSR count). The normalized spacial score (nSPS) is 11.0. The fourth-order valence-corrected chi connectivity index (χ4v) is 8.88. The highest BCUT2D eigenvalue weighted by molar-refractivity contribution is 7.96. The topological polar surface area (TPSA) is 40.9 Å². The first kappa shape index (κ1) is 23.5. The quantitative estimate of drug-likeness (QED) is 0.341. The van der Waals surface area contributed by atoms with Gasteiger partial charge < -0.3 is 0 Å². The Labute approximate surface area is 202 Å². The van der Waals surface area contributed by atoms with Gasteiger partial charge >= 0.3 is 0 Å². The van der Waals surface area contributed by atoms with Gasteiger partial charge in [0, 0.05) is 6.42 Å². The first-order valence-electron chi connectivity index (χ1n) is 11.5. The lowest BCUT2D eigenvalue weighted by molar-refractivity contribution is -0.112. The third-order valence-corrected chi connectivity index (χ3v) is 10.6. The third kappa shape index (κ3) is 4.41. The molecule has 0 heterocycles. The van der Waals surface area contributed by atoms with Gasteiger partial charge in [-0.3, -0.25) is 4.79 Å². The smallest absolute Gasteiger partial charge is 0.174 e. The second-order valence-corrected chi connectivity index (χ2v) is 11.8. The van der Waals surface area contributed by atoms with Crippen LogP contribution in [0.5, 0.6) is 0 Å². The van der Waals surface area contributed by atoms with Gasteiger partial charge in [0.05, 0.1) is 0 Å². The molecule has 0 atom stereocenters. The molecule has 0 bridgehead atoms. The van der Waals surface area contributed by atoms with Gasteiger partial charge in [-0.1, -0.05) is 109 Å². The average Bonchev–Trinajstić information content (AvgIpc) is 2.88. The fraction of sp³-hybridized carbons (Fsp3) is 0.129. The highest BCUT2D eigenvalue weighted by atomic mass is 31.2. The predicted molar refractivity (Wildman–Crippen MR) is 145 cm³/mol. The summed E-state index contributed by atoms with van der Waals surface area (Å²) < 4.78 is 0. The number of aryl methyl sites for hydroxylation is 2. The van der Waals surface area contributed by atoms with Crippen molar-refractivity contribution in [3.63, 3.8) is 0 Å². The standard InChI is InChI=1S/C31H28NOP/c1-24-13-12-14-25(2)29(24)21-22-30(33)31(23-32)34(26-15-6-3-7-16-26,27-17-8-4-9-18-27)28-19-10-5-11-20-28/h3-20H,21-22H2,1-2H3. The van der Waals surface area contributed by atoms with Crippen LogP contribution in [0.3, 0.4) is 0 Å². The molecule has 0 aliphatic rings. The molecule has 0 radical (unpaired) electrons. The number of hydrogen-bond donors (Lipinski definition) is 0. The maximum atomic E-state index is 13.9. The minimum absolute atomic E-state index is 0.0740. The van der Waals surface area contributed by atoms with Crippen LogP contribution in [0.2, 0.25) is 0 Å². The van der Waals surface area contributed by atoms with Gasteiger partial charge in [-0.15, -0.1) is 0 Å². The lowest BCUT2D eigenvalue weighted by Crippen LogP contribution is -2.33. The molecule has 0 aliphatic carbocycles. The van der Waals surface area contributed by atoms with E-state index in [2.05, 4.69) is 68.4 Å². The van der Waals surface area contributed by atoms with Crippen LogP contribution in [0.4, 0.5) is 0 Å². The number of Topliss-reactive ketones (excluding diaryl/α,β-unsaturated/α-hetero) is 1. The molecular weight excluding hydrogens is 433 g/mol. The van der Waals surface area contributed by atoms with E-state index < -0.39 is 6.89 Å². The molecule has 0 aromatic heterocycles. The van der Waals surface area contributed by atoms with Crippen LogP contribution in [0.25, 0.3) is 0 Å². The number of carbonyl (C=O) groups excluding carboxylic acids is 1. The zero-order chi connectivity index (χ0) is 24.0. The molecule has 0 saturated carbocycles. The Morgan fingerprint density at radius 3 is 1.47 bits per heavy atom. The Morgan fingerprint density at radius 2 is 1.09 bits per heavy atom. The van der Waals surface area contributed by atoms with Crippen molar-refractivity contribution in [1.29, 1.82) is 5.26 Å². The number of rotatable bonds is 7. The summed E-state index contributed by atoms with van der Waals surface area (Å²) in [4.78, 5) is 13.9. The molecule has 168 valence electrons. The van der Waals surface area contributed by atoms with Gasteiger partial charge in [0.1, 0.15) is 11.4 Å². The Bertz CT molecular complexity index is 1260. The summed E-state index contributed by atoms with van der Waals surface area (Å²) in [5.74, 6) is -0.0740. The predicted octanol–water partition coefficient (Wildman–Crippen LogP) is 5.50. The molecule has 3 heteroatoms. The summed E-state index contributed by atoms with van der Waals surface area (Å²) in [6.45, 7) is 1.50. The van der Waals surface area contributed by atoms with E-state index in [1.54, 1.807) is 0 Å².